The van der Waals surface area contributed by atoms with Crippen LogP contribution in [0.1, 0.15) is 99.8 Å². The number of amides is 2. The van der Waals surface area contributed by atoms with E-state index in [0.717, 1.165) is 49.8 Å². The number of rotatable bonds is 16. The van der Waals surface area contributed by atoms with Crippen molar-refractivity contribution in [3.63, 3.8) is 0 Å². The summed E-state index contributed by atoms with van der Waals surface area (Å²) in [6.07, 6.45) is 7.02. The molecule has 11 heteroatoms. The summed E-state index contributed by atoms with van der Waals surface area (Å²) in [7, 11) is 0. The molecule has 2 atom stereocenters. The summed E-state index contributed by atoms with van der Waals surface area (Å²) in [4.78, 5) is 53.5. The van der Waals surface area contributed by atoms with E-state index in [9.17, 15) is 19.2 Å². The van der Waals surface area contributed by atoms with Crippen molar-refractivity contribution in [1.82, 2.24) is 10.6 Å². The number of hydrogen-bond donors (Lipinski definition) is 2. The smallest absolute Gasteiger partial charge is 0.407 e. The Morgan fingerprint density at radius 1 is 0.932 bits per heavy atom. The molecule has 1 aliphatic heterocycles. The van der Waals surface area contributed by atoms with E-state index in [0.29, 0.717) is 24.4 Å². The zero-order chi connectivity index (χ0) is 32.8. The number of anilines is 1. The zero-order valence-electron chi connectivity index (χ0n) is 27.7. The number of alkyl carbamates (subject to hydrolysis) is 1. The van der Waals surface area contributed by atoms with Crippen LogP contribution in [0.5, 0.6) is 0 Å². The number of ether oxygens (including phenoxy) is 3. The van der Waals surface area contributed by atoms with Crippen molar-refractivity contribution in [1.29, 1.82) is 0 Å². The molecule has 0 saturated heterocycles. The Hall–Kier alpha value is -2.79. The molecule has 0 aromatic heterocycles. The maximum absolute atomic E-state index is 13.8. The minimum atomic E-state index is -0.682. The first-order chi connectivity index (χ1) is 20.7. The second kappa shape index (κ2) is 18.2. The normalized spacial score (nSPS) is 16.0. The fourth-order valence-corrected chi connectivity index (χ4v) is 5.84. The van der Waals surface area contributed by atoms with Crippen molar-refractivity contribution >= 4 is 41.4 Å². The van der Waals surface area contributed by atoms with Gasteiger partial charge in [-0.3, -0.25) is 24.6 Å². The molecule has 0 fully saturated rings. The van der Waals surface area contributed by atoms with Crippen LogP contribution >= 0.6 is 11.8 Å². The second-order valence-corrected chi connectivity index (χ2v) is 14.1. The first-order valence-corrected chi connectivity index (χ1v) is 16.8. The SMILES string of the molecule is CCOC(=O)[C@@H](CCCCCCCCCNC(=O)OC(C)(C)C)NC1CSc2ccccc2N(CC(=O)OC(C)(C)C)C1=O. The highest BCUT2D eigenvalue weighted by Crippen LogP contribution is 2.34. The molecule has 0 radical (unpaired) electrons. The van der Waals surface area contributed by atoms with E-state index >= 15 is 0 Å². The van der Waals surface area contributed by atoms with Gasteiger partial charge >= 0.3 is 18.0 Å². The van der Waals surface area contributed by atoms with E-state index < -0.39 is 29.3 Å². The Labute approximate surface area is 267 Å². The number of carbonyl (C=O) groups is 4. The molecule has 0 spiro atoms. The molecule has 248 valence electrons. The van der Waals surface area contributed by atoms with Gasteiger partial charge in [-0.2, -0.15) is 0 Å². The van der Waals surface area contributed by atoms with Crippen LogP contribution in [0.15, 0.2) is 29.2 Å². The first-order valence-electron chi connectivity index (χ1n) is 15.8. The van der Waals surface area contributed by atoms with E-state index in [4.69, 9.17) is 14.2 Å². The zero-order valence-corrected chi connectivity index (χ0v) is 28.5. The van der Waals surface area contributed by atoms with Gasteiger partial charge in [-0.15, -0.1) is 11.8 Å². The number of esters is 2. The number of nitrogens with one attached hydrogen (secondary N) is 2. The lowest BCUT2D eigenvalue weighted by Gasteiger charge is -2.28. The van der Waals surface area contributed by atoms with Crippen LogP contribution in [0.3, 0.4) is 0 Å². The molecule has 0 aliphatic carbocycles. The van der Waals surface area contributed by atoms with E-state index in [-0.39, 0.29) is 31.1 Å². The lowest BCUT2D eigenvalue weighted by atomic mass is 10.0. The lowest BCUT2D eigenvalue weighted by Crippen LogP contribution is -2.54. The highest BCUT2D eigenvalue weighted by Gasteiger charge is 2.35. The summed E-state index contributed by atoms with van der Waals surface area (Å²) in [5, 5.41) is 6.07. The highest BCUT2D eigenvalue weighted by molar-refractivity contribution is 7.99. The van der Waals surface area contributed by atoms with Crippen molar-refractivity contribution in [2.75, 3.05) is 30.3 Å². The standard InChI is InChI=1S/C33H53N3O7S/c1-8-41-30(39)24(18-14-12-10-9-11-13-17-21-34-31(40)43-33(5,6)7)35-25-23-44-27-20-16-15-19-26(27)36(29(25)38)22-28(37)42-32(2,3)4/h15-16,19-20,24-25,35H,8-14,17-18,21-23H2,1-7H3,(H,34,40)/t24-,25?/m1/s1. The molecule has 1 aromatic carbocycles. The third-order valence-electron chi connectivity index (χ3n) is 6.64. The summed E-state index contributed by atoms with van der Waals surface area (Å²) < 4.78 is 16.1. The molecule has 0 bridgehead atoms. The number of fused-ring (bicyclic) bond motifs is 1. The molecule has 2 rings (SSSR count). The van der Waals surface area contributed by atoms with Crippen LogP contribution in [0.4, 0.5) is 10.5 Å². The third-order valence-corrected chi connectivity index (χ3v) is 7.80. The van der Waals surface area contributed by atoms with Gasteiger partial charge in [0.1, 0.15) is 23.8 Å². The van der Waals surface area contributed by atoms with Crippen molar-refractivity contribution in [2.24, 2.45) is 0 Å². The molecule has 1 unspecified atom stereocenters. The monoisotopic (exact) mass is 635 g/mol. The summed E-state index contributed by atoms with van der Waals surface area (Å²) in [6.45, 7) is 13.3. The van der Waals surface area contributed by atoms with E-state index in [2.05, 4.69) is 10.6 Å². The number of carbonyl (C=O) groups excluding carboxylic acids is 4. The number of para-hydroxylation sites is 1. The minimum Gasteiger partial charge on any atom is -0.465 e. The van der Waals surface area contributed by atoms with E-state index in [1.54, 1.807) is 27.7 Å². The molecule has 2 amide bonds. The van der Waals surface area contributed by atoms with Gasteiger partial charge in [0.2, 0.25) is 5.91 Å². The van der Waals surface area contributed by atoms with Gasteiger partial charge in [-0.1, -0.05) is 50.7 Å². The largest absolute Gasteiger partial charge is 0.465 e. The maximum Gasteiger partial charge on any atom is 0.407 e. The average Bonchev–Trinajstić information content (AvgIpc) is 3.03. The van der Waals surface area contributed by atoms with Gasteiger partial charge < -0.3 is 19.5 Å². The highest BCUT2D eigenvalue weighted by atomic mass is 32.2. The first kappa shape index (κ1) is 37.4. The summed E-state index contributed by atoms with van der Waals surface area (Å²) in [5.41, 5.74) is -0.512. The number of hydrogen-bond acceptors (Lipinski definition) is 9. The quantitative estimate of drug-likeness (QED) is 0.128. The van der Waals surface area contributed by atoms with Gasteiger partial charge in [0.25, 0.3) is 0 Å². The Kier molecular flexibility index (Phi) is 15.5. The molecule has 1 aliphatic rings. The predicted molar refractivity (Wildman–Crippen MR) is 174 cm³/mol. The molecule has 2 N–H and O–H groups in total. The van der Waals surface area contributed by atoms with Crippen LogP contribution in [-0.2, 0) is 28.6 Å². The fraction of sp³-hybridized carbons (Fsp3) is 0.697. The molecule has 1 heterocycles. The number of thioether (sulfide) groups is 1. The summed E-state index contributed by atoms with van der Waals surface area (Å²) in [6, 6.07) is 6.18. The lowest BCUT2D eigenvalue weighted by molar-refractivity contribution is -0.154. The number of nitrogens with zero attached hydrogens (tertiary/aromatic N) is 1. The van der Waals surface area contributed by atoms with Gasteiger partial charge in [0.05, 0.1) is 18.3 Å². The molecule has 1 aromatic rings. The van der Waals surface area contributed by atoms with Gasteiger partial charge in [0, 0.05) is 17.2 Å². The van der Waals surface area contributed by atoms with Gasteiger partial charge in [-0.05, 0) is 73.4 Å². The van der Waals surface area contributed by atoms with Crippen LogP contribution in [0, 0.1) is 0 Å². The Bertz CT molecular complexity index is 1080. The summed E-state index contributed by atoms with van der Waals surface area (Å²) in [5.74, 6) is -0.723. The topological polar surface area (TPSA) is 123 Å². The fourth-order valence-electron chi connectivity index (χ4n) is 4.76. The maximum atomic E-state index is 13.8. The number of unbranched alkanes of at least 4 members (excludes halogenated alkanes) is 6. The van der Waals surface area contributed by atoms with Gasteiger partial charge in [-0.25, -0.2) is 4.79 Å². The molecule has 10 nitrogen and oxygen atoms in total. The Morgan fingerprint density at radius 2 is 1.55 bits per heavy atom. The van der Waals surface area contributed by atoms with Crippen LogP contribution in [0.25, 0.3) is 0 Å². The van der Waals surface area contributed by atoms with Crippen molar-refractivity contribution in [3.05, 3.63) is 24.3 Å². The van der Waals surface area contributed by atoms with Crippen LogP contribution in [-0.4, -0.2) is 72.7 Å². The molecular weight excluding hydrogens is 582 g/mol. The summed E-state index contributed by atoms with van der Waals surface area (Å²) >= 11 is 1.52. The Morgan fingerprint density at radius 3 is 2.18 bits per heavy atom. The van der Waals surface area contributed by atoms with Crippen molar-refractivity contribution < 1.29 is 33.4 Å². The number of benzene rings is 1. The Balaban J connectivity index is 1.88. The average molecular weight is 636 g/mol. The molecule has 44 heavy (non-hydrogen) atoms. The molecular formula is C33H53N3O7S. The van der Waals surface area contributed by atoms with Crippen molar-refractivity contribution in [3.8, 4) is 0 Å². The third kappa shape index (κ3) is 14.3. The van der Waals surface area contributed by atoms with E-state index in [1.807, 2.05) is 45.0 Å². The minimum absolute atomic E-state index is 0.215. The van der Waals surface area contributed by atoms with Gasteiger partial charge in [0.15, 0.2) is 0 Å². The van der Waals surface area contributed by atoms with Crippen LogP contribution < -0.4 is 15.5 Å². The van der Waals surface area contributed by atoms with Crippen LogP contribution in [0.2, 0.25) is 0 Å². The molecule has 0 saturated carbocycles. The predicted octanol–water partition coefficient (Wildman–Crippen LogP) is 6.00. The van der Waals surface area contributed by atoms with Crippen molar-refractivity contribution in [2.45, 2.75) is 128 Å². The van der Waals surface area contributed by atoms with E-state index in [1.165, 1.54) is 16.7 Å². The second-order valence-electron chi connectivity index (χ2n) is 13.0.